The third kappa shape index (κ3) is 14.9. The van der Waals surface area contributed by atoms with E-state index in [1.165, 1.54) is 25.7 Å². The molecule has 2 unspecified atom stereocenters. The van der Waals surface area contributed by atoms with Gasteiger partial charge >= 0.3 is 29.6 Å². The predicted molar refractivity (Wildman–Crippen MR) is 90.9 cm³/mol. The fourth-order valence-corrected chi connectivity index (χ4v) is 3.77. The first-order valence-corrected chi connectivity index (χ1v) is 10.5. The van der Waals surface area contributed by atoms with E-state index < -0.39 is 21.5 Å². The van der Waals surface area contributed by atoms with E-state index in [1.807, 2.05) is 0 Å². The zero-order valence-electron chi connectivity index (χ0n) is 15.4. The maximum Gasteiger partial charge on any atom is 1.00 e. The van der Waals surface area contributed by atoms with E-state index in [4.69, 9.17) is 0 Å². The molecule has 4 nitrogen and oxygen atoms in total. The van der Waals surface area contributed by atoms with Gasteiger partial charge in [-0.3, -0.25) is 0 Å². The fourth-order valence-electron chi connectivity index (χ4n) is 2.80. The Morgan fingerprint density at radius 2 is 1.17 bits per heavy atom. The molecule has 23 heavy (non-hydrogen) atoms. The molecule has 0 fully saturated rings. The second-order valence-corrected chi connectivity index (χ2v) is 7.95. The summed E-state index contributed by atoms with van der Waals surface area (Å²) in [5.74, 6) is 0. The summed E-state index contributed by atoms with van der Waals surface area (Å²) in [6, 6.07) is 0. The molecule has 0 aliphatic carbocycles. The van der Waals surface area contributed by atoms with Crippen molar-refractivity contribution in [2.24, 2.45) is 0 Å². The van der Waals surface area contributed by atoms with Crippen LogP contribution in [0.2, 0.25) is 0 Å². The Labute approximate surface area is 165 Å². The van der Waals surface area contributed by atoms with Crippen LogP contribution in [0.25, 0.3) is 0 Å². The Bertz CT molecular complexity index is 347. The van der Waals surface area contributed by atoms with Crippen LogP contribution in [0.1, 0.15) is 97.3 Å². The summed E-state index contributed by atoms with van der Waals surface area (Å²) in [5, 5.41) is 8.92. The Morgan fingerprint density at radius 3 is 1.65 bits per heavy atom. The molecule has 0 aromatic rings. The summed E-state index contributed by atoms with van der Waals surface area (Å²) in [4.78, 5) is 0. The third-order valence-electron chi connectivity index (χ3n) is 4.25. The van der Waals surface area contributed by atoms with Crippen molar-refractivity contribution in [2.45, 2.75) is 109 Å². The van der Waals surface area contributed by atoms with Crippen molar-refractivity contribution in [3.05, 3.63) is 0 Å². The van der Waals surface area contributed by atoms with E-state index in [2.05, 4.69) is 13.8 Å². The molecular formula is C17H35NaO4S. The van der Waals surface area contributed by atoms with Crippen molar-refractivity contribution >= 4 is 10.1 Å². The molecule has 0 bridgehead atoms. The van der Waals surface area contributed by atoms with Crippen LogP contribution in [0.5, 0.6) is 0 Å². The van der Waals surface area contributed by atoms with E-state index in [0.29, 0.717) is 19.3 Å². The van der Waals surface area contributed by atoms with Crippen molar-refractivity contribution < 1.29 is 47.6 Å². The Kier molecular flexibility index (Phi) is 18.5. The van der Waals surface area contributed by atoms with Crippen molar-refractivity contribution in [1.82, 2.24) is 0 Å². The van der Waals surface area contributed by atoms with Gasteiger partial charge in [-0.05, 0) is 12.8 Å². The van der Waals surface area contributed by atoms with Gasteiger partial charge in [0, 0.05) is 0 Å². The molecule has 0 aromatic heterocycles. The first-order chi connectivity index (χ1) is 10.4. The quantitative estimate of drug-likeness (QED) is 0.272. The van der Waals surface area contributed by atoms with E-state index in [1.54, 1.807) is 0 Å². The first-order valence-electron chi connectivity index (χ1n) is 9.06. The van der Waals surface area contributed by atoms with Crippen LogP contribution in [-0.2, 0) is 10.1 Å². The normalized spacial score (nSPS) is 14.3. The number of aliphatic hydroxyl groups is 1. The van der Waals surface area contributed by atoms with Crippen molar-refractivity contribution in [2.75, 3.05) is 0 Å². The Morgan fingerprint density at radius 1 is 0.783 bits per heavy atom. The molecule has 0 heterocycles. The molecule has 2 atom stereocenters. The molecule has 0 saturated heterocycles. The molecule has 1 N–H and O–H groups in total. The predicted octanol–water partition coefficient (Wildman–Crippen LogP) is 1.38. The number of hydrogen-bond acceptors (Lipinski definition) is 4. The maximum atomic E-state index is 11.4. The molecule has 6 heteroatoms. The molecule has 0 radical (unpaired) electrons. The van der Waals surface area contributed by atoms with E-state index in [9.17, 15) is 18.1 Å². The van der Waals surface area contributed by atoms with Gasteiger partial charge in [0.1, 0.15) is 10.1 Å². The molecule has 0 aliphatic rings. The van der Waals surface area contributed by atoms with Gasteiger partial charge in [0.05, 0.1) is 11.4 Å². The topological polar surface area (TPSA) is 77.4 Å². The van der Waals surface area contributed by atoms with Crippen LogP contribution < -0.4 is 29.6 Å². The van der Waals surface area contributed by atoms with Crippen LogP contribution in [-0.4, -0.2) is 29.4 Å². The molecule has 0 rings (SSSR count). The molecule has 0 aromatic carbocycles. The number of rotatable bonds is 15. The summed E-state index contributed by atoms with van der Waals surface area (Å²) in [6.45, 7) is 4.27. The molecule has 0 amide bonds. The zero-order chi connectivity index (χ0) is 16.8. The second-order valence-electron chi connectivity index (χ2n) is 6.36. The smallest absolute Gasteiger partial charge is 0.748 e. The second kappa shape index (κ2) is 16.3. The monoisotopic (exact) mass is 358 g/mol. The van der Waals surface area contributed by atoms with Crippen LogP contribution in [0.3, 0.4) is 0 Å². The first kappa shape index (κ1) is 26.1. The van der Waals surface area contributed by atoms with Crippen LogP contribution in [0, 0.1) is 0 Å². The van der Waals surface area contributed by atoms with E-state index in [0.717, 1.165) is 38.5 Å². The molecular weight excluding hydrogens is 323 g/mol. The van der Waals surface area contributed by atoms with Gasteiger partial charge in [-0.15, -0.1) is 0 Å². The van der Waals surface area contributed by atoms with Gasteiger partial charge in [-0.2, -0.15) is 0 Å². The molecule has 0 spiro atoms. The number of aliphatic hydroxyl groups excluding tert-OH is 1. The minimum absolute atomic E-state index is 0. The van der Waals surface area contributed by atoms with Gasteiger partial charge < -0.3 is 9.66 Å². The van der Waals surface area contributed by atoms with Crippen LogP contribution in [0.15, 0.2) is 0 Å². The largest absolute Gasteiger partial charge is 1.00 e. The van der Waals surface area contributed by atoms with Gasteiger partial charge in [0.25, 0.3) is 0 Å². The van der Waals surface area contributed by atoms with Crippen LogP contribution in [0.4, 0.5) is 0 Å². The summed E-state index contributed by atoms with van der Waals surface area (Å²) in [5.41, 5.74) is 0. The number of unbranched alkanes of at least 4 members (excludes halogenated alkanes) is 9. The number of hydrogen-bond donors (Lipinski definition) is 1. The molecule has 134 valence electrons. The fraction of sp³-hybridized carbons (Fsp3) is 1.00. The summed E-state index contributed by atoms with van der Waals surface area (Å²) in [6.07, 6.45) is 11.2. The molecule has 0 aliphatic heterocycles. The van der Waals surface area contributed by atoms with E-state index in [-0.39, 0.29) is 29.6 Å². The zero-order valence-corrected chi connectivity index (χ0v) is 18.2. The van der Waals surface area contributed by atoms with Crippen molar-refractivity contribution in [3.8, 4) is 0 Å². The minimum atomic E-state index is -4.41. The van der Waals surface area contributed by atoms with E-state index >= 15 is 0 Å². The average Bonchev–Trinajstić information content (AvgIpc) is 2.45. The maximum absolute atomic E-state index is 11.4. The summed E-state index contributed by atoms with van der Waals surface area (Å²) < 4.78 is 34.1. The minimum Gasteiger partial charge on any atom is -0.748 e. The van der Waals surface area contributed by atoms with Gasteiger partial charge in [-0.1, -0.05) is 84.5 Å². The van der Waals surface area contributed by atoms with Crippen LogP contribution >= 0.6 is 0 Å². The van der Waals surface area contributed by atoms with Gasteiger partial charge in [0.2, 0.25) is 0 Å². The summed E-state index contributed by atoms with van der Waals surface area (Å²) in [7, 11) is -4.41. The van der Waals surface area contributed by atoms with Crippen molar-refractivity contribution in [1.29, 1.82) is 0 Å². The standard InChI is InChI=1S/C17H36O4S.Na/c1-3-5-7-9-10-11-13-15-17(22(19,20)21)16(18)14-12-8-6-4-2;/h16-18H,3-15H2,1-2H3,(H,19,20,21);/q;+1/p-1. The third-order valence-corrected chi connectivity index (χ3v) is 5.54. The Balaban J connectivity index is 0. The Hall–Kier alpha value is 0.870. The van der Waals surface area contributed by atoms with Gasteiger partial charge in [-0.25, -0.2) is 8.42 Å². The van der Waals surface area contributed by atoms with Gasteiger partial charge in [0.15, 0.2) is 0 Å². The SMILES string of the molecule is CCCCCCCCCC(C(O)CCCCCC)S(=O)(=O)[O-].[Na+]. The average molecular weight is 359 g/mol. The van der Waals surface area contributed by atoms with Crippen molar-refractivity contribution in [3.63, 3.8) is 0 Å². The molecule has 0 saturated carbocycles. The summed E-state index contributed by atoms with van der Waals surface area (Å²) >= 11 is 0.